The van der Waals surface area contributed by atoms with Crippen molar-refractivity contribution < 1.29 is 14.3 Å². The van der Waals surface area contributed by atoms with Gasteiger partial charge in [-0.3, -0.25) is 4.79 Å². The smallest absolute Gasteiger partial charge is 0.260 e. The molecule has 1 amide bonds. The van der Waals surface area contributed by atoms with Crippen molar-refractivity contribution >= 4 is 23.2 Å². The number of hydrazone groups is 1. The van der Waals surface area contributed by atoms with Gasteiger partial charge in [0.15, 0.2) is 11.5 Å². The van der Waals surface area contributed by atoms with Crippen LogP contribution in [0.25, 0.3) is 11.0 Å². The number of benzene rings is 2. The molecule has 0 aliphatic heterocycles. The third-order valence-electron chi connectivity index (χ3n) is 3.97. The zero-order chi connectivity index (χ0) is 18.5. The molecule has 0 aliphatic rings. The number of hydrogen-bond donors (Lipinski definition) is 1. The number of carbonyl (C=O) groups excluding carboxylic acids is 1. The summed E-state index contributed by atoms with van der Waals surface area (Å²) in [6.07, 6.45) is 1.53. The highest BCUT2D eigenvalue weighted by Crippen LogP contribution is 2.29. The van der Waals surface area contributed by atoms with Crippen LogP contribution in [0, 0.1) is 6.92 Å². The van der Waals surface area contributed by atoms with E-state index in [-0.39, 0.29) is 12.5 Å². The zero-order valence-electron chi connectivity index (χ0n) is 14.9. The number of hydrogen-bond acceptors (Lipinski definition) is 5. The van der Waals surface area contributed by atoms with Crippen molar-refractivity contribution in [3.05, 3.63) is 53.9 Å². The molecule has 7 nitrogen and oxygen atoms in total. The number of amides is 1. The van der Waals surface area contributed by atoms with Crippen LogP contribution in [-0.2, 0) is 11.3 Å². The number of imidazole rings is 1. The molecule has 3 aromatic rings. The number of para-hydroxylation sites is 3. The minimum atomic E-state index is -0.241. The second-order valence-corrected chi connectivity index (χ2v) is 5.61. The van der Waals surface area contributed by atoms with Crippen LogP contribution in [0.3, 0.4) is 0 Å². The Hall–Kier alpha value is -3.35. The van der Waals surface area contributed by atoms with E-state index in [1.165, 1.54) is 6.21 Å². The minimum absolute atomic E-state index is 0.138. The summed E-state index contributed by atoms with van der Waals surface area (Å²) in [4.78, 5) is 16.7. The van der Waals surface area contributed by atoms with Gasteiger partial charge in [0.05, 0.1) is 31.5 Å². The van der Waals surface area contributed by atoms with Crippen LogP contribution < -0.4 is 14.9 Å². The fraction of sp³-hybridized carbons (Fsp3) is 0.211. The minimum Gasteiger partial charge on any atom is -0.493 e. The van der Waals surface area contributed by atoms with E-state index in [2.05, 4.69) is 15.5 Å². The normalized spacial score (nSPS) is 11.0. The molecule has 7 heteroatoms. The molecule has 1 N–H and O–H groups in total. The summed E-state index contributed by atoms with van der Waals surface area (Å²) >= 11 is 0. The molecule has 1 heterocycles. The molecule has 0 unspecified atom stereocenters. The number of rotatable bonds is 6. The Labute approximate surface area is 151 Å². The highest BCUT2D eigenvalue weighted by atomic mass is 16.5. The summed E-state index contributed by atoms with van der Waals surface area (Å²) in [5.74, 6) is 1.70. The van der Waals surface area contributed by atoms with Gasteiger partial charge in [0.2, 0.25) is 0 Å². The van der Waals surface area contributed by atoms with Crippen molar-refractivity contribution in [2.45, 2.75) is 13.5 Å². The van der Waals surface area contributed by atoms with Gasteiger partial charge in [-0.2, -0.15) is 5.10 Å². The molecule has 0 spiro atoms. The van der Waals surface area contributed by atoms with Crippen molar-refractivity contribution in [3.63, 3.8) is 0 Å². The van der Waals surface area contributed by atoms with Gasteiger partial charge in [0, 0.05) is 5.56 Å². The Balaban J connectivity index is 1.71. The third kappa shape index (κ3) is 3.51. The van der Waals surface area contributed by atoms with Gasteiger partial charge in [0.1, 0.15) is 12.4 Å². The number of ether oxygens (including phenoxy) is 2. The van der Waals surface area contributed by atoms with E-state index < -0.39 is 0 Å². The lowest BCUT2D eigenvalue weighted by Gasteiger charge is -2.09. The second kappa shape index (κ2) is 7.69. The van der Waals surface area contributed by atoms with E-state index in [1.54, 1.807) is 20.3 Å². The van der Waals surface area contributed by atoms with E-state index in [0.717, 1.165) is 16.9 Å². The highest BCUT2D eigenvalue weighted by molar-refractivity contribution is 5.87. The molecule has 0 saturated heterocycles. The Bertz CT molecular complexity index is 963. The number of aryl methyl sites for hydroxylation is 1. The molecule has 134 valence electrons. The quantitative estimate of drug-likeness (QED) is 0.546. The van der Waals surface area contributed by atoms with Crippen molar-refractivity contribution in [1.29, 1.82) is 0 Å². The van der Waals surface area contributed by atoms with E-state index in [9.17, 15) is 4.79 Å². The van der Waals surface area contributed by atoms with E-state index in [0.29, 0.717) is 17.1 Å². The Morgan fingerprint density at radius 1 is 1.19 bits per heavy atom. The van der Waals surface area contributed by atoms with Crippen molar-refractivity contribution in [2.75, 3.05) is 14.2 Å². The maximum absolute atomic E-state index is 12.2. The monoisotopic (exact) mass is 352 g/mol. The number of nitrogens with zero attached hydrogens (tertiary/aromatic N) is 3. The fourth-order valence-corrected chi connectivity index (χ4v) is 2.76. The lowest BCUT2D eigenvalue weighted by Crippen LogP contribution is -2.23. The summed E-state index contributed by atoms with van der Waals surface area (Å²) in [5.41, 5.74) is 5.02. The number of carbonyl (C=O) groups is 1. The lowest BCUT2D eigenvalue weighted by molar-refractivity contribution is -0.121. The predicted octanol–water partition coefficient (Wildman–Crippen LogP) is 2.51. The summed E-state index contributed by atoms with van der Waals surface area (Å²) in [6, 6.07) is 13.1. The molecule has 0 atom stereocenters. The third-order valence-corrected chi connectivity index (χ3v) is 3.97. The number of aromatic nitrogens is 2. The molecule has 1 aromatic heterocycles. The maximum Gasteiger partial charge on any atom is 0.260 e. The fourth-order valence-electron chi connectivity index (χ4n) is 2.76. The highest BCUT2D eigenvalue weighted by Gasteiger charge is 2.11. The van der Waals surface area contributed by atoms with Crippen LogP contribution >= 0.6 is 0 Å². The average molecular weight is 352 g/mol. The molecule has 0 fully saturated rings. The number of fused-ring (bicyclic) bond motifs is 1. The maximum atomic E-state index is 12.2. The van der Waals surface area contributed by atoms with Crippen LogP contribution in [-0.4, -0.2) is 35.9 Å². The summed E-state index contributed by atoms with van der Waals surface area (Å²) in [6.45, 7) is 2.01. The molecule has 2 aromatic carbocycles. The average Bonchev–Trinajstić information content (AvgIpc) is 2.97. The largest absolute Gasteiger partial charge is 0.493 e. The summed E-state index contributed by atoms with van der Waals surface area (Å²) in [7, 11) is 3.12. The zero-order valence-corrected chi connectivity index (χ0v) is 14.9. The Morgan fingerprint density at radius 3 is 2.77 bits per heavy atom. The molecule has 26 heavy (non-hydrogen) atoms. The SMILES string of the molecule is COc1cccc(/C=N\NC(=O)Cn2c(C)nc3ccccc32)c1OC. The summed E-state index contributed by atoms with van der Waals surface area (Å²) in [5, 5.41) is 4.02. The first-order chi connectivity index (χ1) is 12.6. The molecule has 3 rings (SSSR count). The van der Waals surface area contributed by atoms with E-state index in [4.69, 9.17) is 9.47 Å². The van der Waals surface area contributed by atoms with Gasteiger partial charge in [-0.05, 0) is 31.2 Å². The second-order valence-electron chi connectivity index (χ2n) is 5.61. The molecular formula is C19H20N4O3. The lowest BCUT2D eigenvalue weighted by atomic mass is 10.2. The number of nitrogens with one attached hydrogen (secondary N) is 1. The molecule has 0 bridgehead atoms. The van der Waals surface area contributed by atoms with Gasteiger partial charge >= 0.3 is 0 Å². The topological polar surface area (TPSA) is 77.7 Å². The Kier molecular flexibility index (Phi) is 5.17. The van der Waals surface area contributed by atoms with Gasteiger partial charge < -0.3 is 14.0 Å². The predicted molar refractivity (Wildman–Crippen MR) is 99.8 cm³/mol. The van der Waals surface area contributed by atoms with Gasteiger partial charge in [-0.1, -0.05) is 18.2 Å². The van der Waals surface area contributed by atoms with Gasteiger partial charge in [-0.15, -0.1) is 0 Å². The molecule has 0 aliphatic carbocycles. The first-order valence-corrected chi connectivity index (χ1v) is 8.08. The number of methoxy groups -OCH3 is 2. The standard InChI is InChI=1S/C19H20N4O3/c1-13-21-15-8-4-5-9-16(15)23(13)12-18(24)22-20-11-14-7-6-10-17(25-2)19(14)26-3/h4-11H,12H2,1-3H3,(H,22,24)/b20-11-. The molecule has 0 saturated carbocycles. The van der Waals surface area contributed by atoms with E-state index >= 15 is 0 Å². The van der Waals surface area contributed by atoms with E-state index in [1.807, 2.05) is 47.9 Å². The van der Waals surface area contributed by atoms with Crippen LogP contribution in [0.4, 0.5) is 0 Å². The van der Waals surface area contributed by atoms with Crippen LogP contribution in [0.2, 0.25) is 0 Å². The Morgan fingerprint density at radius 2 is 2.00 bits per heavy atom. The first kappa shape index (κ1) is 17.5. The first-order valence-electron chi connectivity index (χ1n) is 8.08. The van der Waals surface area contributed by atoms with Crippen molar-refractivity contribution in [3.8, 4) is 11.5 Å². The summed E-state index contributed by atoms with van der Waals surface area (Å²) < 4.78 is 12.4. The van der Waals surface area contributed by atoms with Gasteiger partial charge in [0.25, 0.3) is 5.91 Å². The van der Waals surface area contributed by atoms with Crippen LogP contribution in [0.1, 0.15) is 11.4 Å². The molecular weight excluding hydrogens is 332 g/mol. The van der Waals surface area contributed by atoms with Gasteiger partial charge in [-0.25, -0.2) is 10.4 Å². The van der Waals surface area contributed by atoms with Crippen molar-refractivity contribution in [2.24, 2.45) is 5.10 Å². The molecule has 0 radical (unpaired) electrons. The van der Waals surface area contributed by atoms with Crippen molar-refractivity contribution in [1.82, 2.24) is 15.0 Å². The van der Waals surface area contributed by atoms with Crippen LogP contribution in [0.5, 0.6) is 11.5 Å². The van der Waals surface area contributed by atoms with Crippen LogP contribution in [0.15, 0.2) is 47.6 Å².